The fourth-order valence-electron chi connectivity index (χ4n) is 2.07. The maximum atomic E-state index is 13.2. The molecule has 0 atom stereocenters. The molecule has 1 aliphatic heterocycles. The van der Waals surface area contributed by atoms with Crippen LogP contribution in [-0.4, -0.2) is 12.4 Å². The molecule has 0 bridgehead atoms. The number of carbonyl (C=O) groups excluding carboxylic acids is 1. The Morgan fingerprint density at radius 3 is 2.88 bits per heavy atom. The molecule has 0 N–H and O–H groups in total. The van der Waals surface area contributed by atoms with Gasteiger partial charge in [-0.3, -0.25) is 4.79 Å². The van der Waals surface area contributed by atoms with E-state index in [9.17, 15) is 9.18 Å². The second-order valence-corrected chi connectivity index (χ2v) is 4.35. The van der Waals surface area contributed by atoms with Crippen LogP contribution >= 0.6 is 11.6 Å². The van der Waals surface area contributed by atoms with Crippen molar-refractivity contribution in [1.29, 1.82) is 0 Å². The average Bonchev–Trinajstić information content (AvgIpc) is 2.31. The SMILES string of the molecule is O=C1CCOc2c1cc(Cl)c1cc(F)ccc21. The van der Waals surface area contributed by atoms with Gasteiger partial charge < -0.3 is 4.74 Å². The third-order valence-electron chi connectivity index (χ3n) is 2.88. The minimum absolute atomic E-state index is 0.0133. The Morgan fingerprint density at radius 2 is 2.06 bits per heavy atom. The van der Waals surface area contributed by atoms with E-state index in [4.69, 9.17) is 16.3 Å². The number of rotatable bonds is 0. The van der Waals surface area contributed by atoms with Crippen molar-refractivity contribution in [2.45, 2.75) is 6.42 Å². The molecule has 1 aliphatic rings. The van der Waals surface area contributed by atoms with Crippen molar-refractivity contribution in [1.82, 2.24) is 0 Å². The van der Waals surface area contributed by atoms with Crippen molar-refractivity contribution in [3.63, 3.8) is 0 Å². The fourth-order valence-corrected chi connectivity index (χ4v) is 2.34. The zero-order valence-corrected chi connectivity index (χ0v) is 9.55. The number of halogens is 2. The van der Waals surface area contributed by atoms with E-state index in [1.165, 1.54) is 12.1 Å². The number of Topliss-reactive ketones (excluding diaryl/α,β-unsaturated/α-hetero) is 1. The van der Waals surface area contributed by atoms with Gasteiger partial charge in [-0.1, -0.05) is 11.6 Å². The van der Waals surface area contributed by atoms with Crippen LogP contribution < -0.4 is 4.74 Å². The first-order valence-corrected chi connectivity index (χ1v) is 5.62. The Morgan fingerprint density at radius 1 is 1.24 bits per heavy atom. The van der Waals surface area contributed by atoms with Gasteiger partial charge in [0.25, 0.3) is 0 Å². The summed E-state index contributed by atoms with van der Waals surface area (Å²) < 4.78 is 18.7. The molecule has 3 rings (SSSR count). The first kappa shape index (κ1) is 10.5. The summed E-state index contributed by atoms with van der Waals surface area (Å²) in [5.74, 6) is 0.168. The maximum absolute atomic E-state index is 13.2. The zero-order valence-electron chi connectivity index (χ0n) is 8.80. The second kappa shape index (κ2) is 3.70. The molecule has 17 heavy (non-hydrogen) atoms. The van der Waals surface area contributed by atoms with Gasteiger partial charge in [0.1, 0.15) is 11.6 Å². The van der Waals surface area contributed by atoms with E-state index >= 15 is 0 Å². The van der Waals surface area contributed by atoms with Crippen molar-refractivity contribution in [3.05, 3.63) is 40.7 Å². The highest BCUT2D eigenvalue weighted by Crippen LogP contribution is 2.38. The molecular weight excluding hydrogens is 243 g/mol. The highest BCUT2D eigenvalue weighted by Gasteiger charge is 2.22. The van der Waals surface area contributed by atoms with E-state index in [0.29, 0.717) is 40.1 Å². The van der Waals surface area contributed by atoms with Crippen LogP contribution in [0.15, 0.2) is 24.3 Å². The molecule has 0 aliphatic carbocycles. The molecule has 0 saturated carbocycles. The van der Waals surface area contributed by atoms with Gasteiger partial charge in [0.15, 0.2) is 5.78 Å². The summed E-state index contributed by atoms with van der Waals surface area (Å²) in [7, 11) is 0. The van der Waals surface area contributed by atoms with Gasteiger partial charge in [-0.2, -0.15) is 0 Å². The highest BCUT2D eigenvalue weighted by atomic mass is 35.5. The lowest BCUT2D eigenvalue weighted by molar-refractivity contribution is 0.0935. The standard InChI is InChI=1S/C13H8ClFO2/c14-11-6-10-12(16)3-4-17-13(10)8-2-1-7(15)5-9(8)11/h1-2,5-6H,3-4H2. The molecule has 1 heterocycles. The Bertz CT molecular complexity index is 637. The topological polar surface area (TPSA) is 26.3 Å². The number of fused-ring (bicyclic) bond motifs is 3. The molecule has 4 heteroatoms. The predicted octanol–water partition coefficient (Wildman–Crippen LogP) is 3.60. The molecule has 0 radical (unpaired) electrons. The van der Waals surface area contributed by atoms with Crippen LogP contribution in [0.5, 0.6) is 5.75 Å². The molecule has 0 fully saturated rings. The van der Waals surface area contributed by atoms with Crippen molar-refractivity contribution < 1.29 is 13.9 Å². The zero-order chi connectivity index (χ0) is 12.0. The van der Waals surface area contributed by atoms with E-state index in [-0.39, 0.29) is 11.6 Å². The normalized spacial score (nSPS) is 14.6. The summed E-state index contributed by atoms with van der Waals surface area (Å²) in [4.78, 5) is 11.7. The van der Waals surface area contributed by atoms with Crippen LogP contribution in [-0.2, 0) is 0 Å². The lowest BCUT2D eigenvalue weighted by atomic mass is 9.99. The van der Waals surface area contributed by atoms with E-state index in [0.717, 1.165) is 0 Å². The average molecular weight is 251 g/mol. The lowest BCUT2D eigenvalue weighted by Crippen LogP contribution is -2.15. The van der Waals surface area contributed by atoms with Crippen LogP contribution in [0.25, 0.3) is 10.8 Å². The maximum Gasteiger partial charge on any atom is 0.170 e. The summed E-state index contributed by atoms with van der Waals surface area (Å²) in [6.07, 6.45) is 0.357. The van der Waals surface area contributed by atoms with Crippen LogP contribution in [0, 0.1) is 5.82 Å². The molecule has 2 aromatic carbocycles. The molecule has 86 valence electrons. The van der Waals surface area contributed by atoms with Gasteiger partial charge in [-0.05, 0) is 24.3 Å². The molecule has 0 amide bonds. The molecule has 0 aromatic heterocycles. The highest BCUT2D eigenvalue weighted by molar-refractivity contribution is 6.36. The fraction of sp³-hybridized carbons (Fsp3) is 0.154. The molecular formula is C13H8ClFO2. The number of ketones is 1. The number of ether oxygens (including phenoxy) is 1. The summed E-state index contributed by atoms with van der Waals surface area (Å²) in [5, 5.41) is 1.62. The van der Waals surface area contributed by atoms with E-state index in [1.807, 2.05) is 0 Å². The Hall–Kier alpha value is -1.61. The molecule has 0 spiro atoms. The van der Waals surface area contributed by atoms with Gasteiger partial charge in [-0.25, -0.2) is 4.39 Å². The van der Waals surface area contributed by atoms with E-state index in [1.54, 1.807) is 12.1 Å². The van der Waals surface area contributed by atoms with Crippen molar-refractivity contribution >= 4 is 28.2 Å². The van der Waals surface area contributed by atoms with Crippen molar-refractivity contribution in [2.24, 2.45) is 0 Å². The monoisotopic (exact) mass is 250 g/mol. The predicted molar refractivity (Wildman–Crippen MR) is 63.4 cm³/mol. The van der Waals surface area contributed by atoms with Gasteiger partial charge in [0.05, 0.1) is 12.2 Å². The third-order valence-corrected chi connectivity index (χ3v) is 3.19. The molecule has 0 saturated heterocycles. The summed E-state index contributed by atoms with van der Waals surface area (Å²) >= 11 is 6.06. The van der Waals surface area contributed by atoms with Crippen molar-refractivity contribution in [2.75, 3.05) is 6.61 Å². The quantitative estimate of drug-likeness (QED) is 0.714. The van der Waals surface area contributed by atoms with Crippen LogP contribution in [0.3, 0.4) is 0 Å². The first-order valence-electron chi connectivity index (χ1n) is 5.24. The smallest absolute Gasteiger partial charge is 0.170 e. The summed E-state index contributed by atoms with van der Waals surface area (Å²) in [6.45, 7) is 0.361. The Balaban J connectivity index is 2.41. The minimum Gasteiger partial charge on any atom is -0.492 e. The van der Waals surface area contributed by atoms with Gasteiger partial charge >= 0.3 is 0 Å². The molecule has 2 nitrogen and oxygen atoms in total. The van der Waals surface area contributed by atoms with Crippen LogP contribution in [0.2, 0.25) is 5.02 Å². The summed E-state index contributed by atoms with van der Waals surface area (Å²) in [6, 6.07) is 5.83. The summed E-state index contributed by atoms with van der Waals surface area (Å²) in [5.41, 5.74) is 0.486. The number of hydrogen-bond donors (Lipinski definition) is 0. The number of benzene rings is 2. The van der Waals surface area contributed by atoms with Crippen LogP contribution in [0.1, 0.15) is 16.8 Å². The van der Waals surface area contributed by atoms with E-state index < -0.39 is 0 Å². The number of carbonyl (C=O) groups is 1. The second-order valence-electron chi connectivity index (χ2n) is 3.95. The Kier molecular flexibility index (Phi) is 2.30. The minimum atomic E-state index is -0.360. The Labute approximate surface area is 102 Å². The molecule has 2 aromatic rings. The largest absolute Gasteiger partial charge is 0.492 e. The van der Waals surface area contributed by atoms with E-state index in [2.05, 4.69) is 0 Å². The van der Waals surface area contributed by atoms with Crippen molar-refractivity contribution in [3.8, 4) is 5.75 Å². The lowest BCUT2D eigenvalue weighted by Gasteiger charge is -2.19. The third kappa shape index (κ3) is 1.58. The first-order chi connectivity index (χ1) is 8.16. The number of hydrogen-bond acceptors (Lipinski definition) is 2. The molecule has 0 unspecified atom stereocenters. The van der Waals surface area contributed by atoms with Crippen LogP contribution in [0.4, 0.5) is 4.39 Å². The van der Waals surface area contributed by atoms with Gasteiger partial charge in [0.2, 0.25) is 0 Å². The van der Waals surface area contributed by atoms with Gasteiger partial charge in [0, 0.05) is 22.2 Å². The van der Waals surface area contributed by atoms with Gasteiger partial charge in [-0.15, -0.1) is 0 Å².